The highest BCUT2D eigenvalue weighted by atomic mass is 35.5. The Bertz CT molecular complexity index is 1120. The van der Waals surface area contributed by atoms with Gasteiger partial charge in [0.15, 0.2) is 11.3 Å². The summed E-state index contributed by atoms with van der Waals surface area (Å²) in [4.78, 5) is 19.9. The van der Waals surface area contributed by atoms with E-state index < -0.39 is 5.97 Å². The number of aryl methyl sites for hydroxylation is 1. The van der Waals surface area contributed by atoms with Crippen molar-refractivity contribution in [1.29, 1.82) is 0 Å². The van der Waals surface area contributed by atoms with Crippen LogP contribution < -0.4 is 0 Å². The van der Waals surface area contributed by atoms with Crippen molar-refractivity contribution in [3.8, 4) is 5.69 Å². The Morgan fingerprint density at radius 1 is 1.15 bits per heavy atom. The molecule has 0 aliphatic heterocycles. The van der Waals surface area contributed by atoms with Gasteiger partial charge in [0.25, 0.3) is 0 Å². The number of rotatable bonds is 4. The molecule has 3 aromatic heterocycles. The zero-order valence-electron chi connectivity index (χ0n) is 13.9. The summed E-state index contributed by atoms with van der Waals surface area (Å²) in [5.41, 5.74) is 3.07. The molecule has 26 heavy (non-hydrogen) atoms. The van der Waals surface area contributed by atoms with E-state index in [1.165, 1.54) is 6.07 Å². The van der Waals surface area contributed by atoms with Gasteiger partial charge in [0.05, 0.1) is 6.54 Å². The van der Waals surface area contributed by atoms with Crippen LogP contribution in [0, 0.1) is 6.92 Å². The van der Waals surface area contributed by atoms with E-state index in [2.05, 4.69) is 9.97 Å². The summed E-state index contributed by atoms with van der Waals surface area (Å²) in [6.45, 7) is 2.33. The molecule has 1 aromatic carbocycles. The first-order chi connectivity index (χ1) is 12.5. The van der Waals surface area contributed by atoms with E-state index in [-0.39, 0.29) is 5.69 Å². The molecule has 0 amide bonds. The number of aromatic nitrogens is 4. The maximum atomic E-state index is 11.2. The molecule has 0 atom stereocenters. The van der Waals surface area contributed by atoms with E-state index in [1.54, 1.807) is 6.07 Å². The molecule has 0 radical (unpaired) electrons. The summed E-state index contributed by atoms with van der Waals surface area (Å²) < 4.78 is 3.85. The Balaban J connectivity index is 1.74. The molecule has 0 saturated carbocycles. The third-order valence-electron chi connectivity index (χ3n) is 4.27. The smallest absolute Gasteiger partial charge is 0.354 e. The van der Waals surface area contributed by atoms with Crippen molar-refractivity contribution in [3.05, 3.63) is 77.0 Å². The Hall–Kier alpha value is -3.12. The van der Waals surface area contributed by atoms with E-state index in [0.717, 1.165) is 17.1 Å². The molecule has 0 fully saturated rings. The normalized spacial score (nSPS) is 11.2. The second-order valence-electron chi connectivity index (χ2n) is 5.96. The van der Waals surface area contributed by atoms with E-state index >= 15 is 0 Å². The van der Waals surface area contributed by atoms with Crippen molar-refractivity contribution in [2.24, 2.45) is 0 Å². The lowest BCUT2D eigenvalue weighted by Crippen LogP contribution is -2.06. The SMILES string of the molecule is Cc1nc2ccc(C(=O)O)nc2n1Cc1ccc(-n2cccc2)cc1Cl. The number of carbonyl (C=O) groups is 1. The van der Waals surface area contributed by atoms with Gasteiger partial charge in [0, 0.05) is 23.1 Å². The van der Waals surface area contributed by atoms with Crippen molar-refractivity contribution in [2.45, 2.75) is 13.5 Å². The van der Waals surface area contributed by atoms with E-state index in [9.17, 15) is 9.90 Å². The number of carboxylic acids is 1. The van der Waals surface area contributed by atoms with Gasteiger partial charge < -0.3 is 14.2 Å². The van der Waals surface area contributed by atoms with Gasteiger partial charge in [0.1, 0.15) is 11.3 Å². The summed E-state index contributed by atoms with van der Waals surface area (Å²) in [7, 11) is 0. The van der Waals surface area contributed by atoms with Crippen LogP contribution in [0.25, 0.3) is 16.9 Å². The average molecular weight is 367 g/mol. The number of imidazole rings is 1. The van der Waals surface area contributed by atoms with Crippen LogP contribution in [0.4, 0.5) is 0 Å². The molecule has 130 valence electrons. The maximum Gasteiger partial charge on any atom is 0.354 e. The fraction of sp³-hybridized carbons (Fsp3) is 0.105. The fourth-order valence-corrected chi connectivity index (χ4v) is 3.16. The minimum Gasteiger partial charge on any atom is -0.477 e. The lowest BCUT2D eigenvalue weighted by molar-refractivity contribution is 0.0691. The lowest BCUT2D eigenvalue weighted by atomic mass is 10.2. The van der Waals surface area contributed by atoms with Crippen LogP contribution in [0.3, 0.4) is 0 Å². The second-order valence-corrected chi connectivity index (χ2v) is 6.36. The summed E-state index contributed by atoms with van der Waals surface area (Å²) in [5.74, 6) is -0.313. The van der Waals surface area contributed by atoms with Crippen molar-refractivity contribution in [2.75, 3.05) is 0 Å². The number of fused-ring (bicyclic) bond motifs is 1. The Labute approximate surface area is 154 Å². The third-order valence-corrected chi connectivity index (χ3v) is 4.62. The Morgan fingerprint density at radius 3 is 2.62 bits per heavy atom. The van der Waals surface area contributed by atoms with Gasteiger partial charge in [-0.2, -0.15) is 0 Å². The van der Waals surface area contributed by atoms with Crippen molar-refractivity contribution >= 4 is 28.7 Å². The number of halogens is 1. The molecule has 0 spiro atoms. The molecular weight excluding hydrogens is 352 g/mol. The molecule has 1 N–H and O–H groups in total. The van der Waals surface area contributed by atoms with Crippen LogP contribution in [-0.2, 0) is 6.54 Å². The van der Waals surface area contributed by atoms with Gasteiger partial charge in [-0.05, 0) is 48.9 Å². The number of pyridine rings is 1. The standard InChI is InChI=1S/C19H15ClN4O2/c1-12-21-16-6-7-17(19(25)26)22-18(16)24(12)11-13-4-5-14(10-15(13)20)23-8-2-3-9-23/h2-10H,11H2,1H3,(H,25,26). The molecule has 4 aromatic rings. The van der Waals surface area contributed by atoms with Gasteiger partial charge >= 0.3 is 5.97 Å². The highest BCUT2D eigenvalue weighted by Gasteiger charge is 2.14. The predicted molar refractivity (Wildman–Crippen MR) is 99.1 cm³/mol. The van der Waals surface area contributed by atoms with Gasteiger partial charge in [-0.15, -0.1) is 0 Å². The van der Waals surface area contributed by atoms with Crippen LogP contribution in [-0.4, -0.2) is 30.2 Å². The van der Waals surface area contributed by atoms with Gasteiger partial charge in [-0.1, -0.05) is 17.7 Å². The molecule has 0 saturated heterocycles. The molecule has 6 nitrogen and oxygen atoms in total. The number of hydrogen-bond donors (Lipinski definition) is 1. The Kier molecular flexibility index (Phi) is 3.97. The van der Waals surface area contributed by atoms with Crippen LogP contribution >= 0.6 is 11.6 Å². The first-order valence-corrected chi connectivity index (χ1v) is 8.39. The largest absolute Gasteiger partial charge is 0.477 e. The Morgan fingerprint density at radius 2 is 1.92 bits per heavy atom. The van der Waals surface area contributed by atoms with Crippen LogP contribution in [0.1, 0.15) is 21.9 Å². The van der Waals surface area contributed by atoms with Gasteiger partial charge in [0.2, 0.25) is 0 Å². The fourth-order valence-electron chi connectivity index (χ4n) is 2.93. The van der Waals surface area contributed by atoms with Crippen molar-refractivity contribution in [3.63, 3.8) is 0 Å². The average Bonchev–Trinajstić information content (AvgIpc) is 3.24. The zero-order chi connectivity index (χ0) is 18.3. The second kappa shape index (κ2) is 6.31. The monoisotopic (exact) mass is 366 g/mol. The molecule has 0 bridgehead atoms. The van der Waals surface area contributed by atoms with Gasteiger partial charge in [-0.3, -0.25) is 0 Å². The summed E-state index contributed by atoms with van der Waals surface area (Å²) in [5, 5.41) is 9.81. The molecular formula is C19H15ClN4O2. The van der Waals surface area contributed by atoms with Crippen molar-refractivity contribution < 1.29 is 9.90 Å². The third kappa shape index (κ3) is 2.84. The van der Waals surface area contributed by atoms with Crippen molar-refractivity contribution in [1.82, 2.24) is 19.1 Å². The molecule has 7 heteroatoms. The topological polar surface area (TPSA) is 72.9 Å². The highest BCUT2D eigenvalue weighted by Crippen LogP contribution is 2.24. The quantitative estimate of drug-likeness (QED) is 0.594. The van der Waals surface area contributed by atoms with E-state index in [0.29, 0.717) is 22.7 Å². The number of aromatic carboxylic acids is 1. The maximum absolute atomic E-state index is 11.2. The molecule has 3 heterocycles. The molecule has 0 aliphatic carbocycles. The van der Waals surface area contributed by atoms with Crippen LogP contribution in [0.15, 0.2) is 54.9 Å². The number of hydrogen-bond acceptors (Lipinski definition) is 3. The minimum atomic E-state index is -1.06. The van der Waals surface area contributed by atoms with Crippen LogP contribution in [0.2, 0.25) is 5.02 Å². The number of benzene rings is 1. The molecule has 0 aliphatic rings. The van der Waals surface area contributed by atoms with Gasteiger partial charge in [-0.25, -0.2) is 14.8 Å². The molecule has 4 rings (SSSR count). The first kappa shape index (κ1) is 16.4. The van der Waals surface area contributed by atoms with E-state index in [1.807, 2.05) is 58.8 Å². The highest BCUT2D eigenvalue weighted by molar-refractivity contribution is 6.31. The lowest BCUT2D eigenvalue weighted by Gasteiger charge is -2.11. The predicted octanol–water partition coefficient (Wildman–Crippen LogP) is 3.93. The number of nitrogens with zero attached hydrogens (tertiary/aromatic N) is 4. The molecule has 0 unspecified atom stereocenters. The number of carboxylic acid groups (broad SMARTS) is 1. The summed E-state index contributed by atoms with van der Waals surface area (Å²) >= 11 is 6.49. The van der Waals surface area contributed by atoms with Crippen LogP contribution in [0.5, 0.6) is 0 Å². The zero-order valence-corrected chi connectivity index (χ0v) is 14.7. The minimum absolute atomic E-state index is 0.00676. The summed E-state index contributed by atoms with van der Waals surface area (Å²) in [6.07, 6.45) is 3.91. The van der Waals surface area contributed by atoms with E-state index in [4.69, 9.17) is 11.6 Å². The summed E-state index contributed by atoms with van der Waals surface area (Å²) in [6, 6.07) is 12.9. The first-order valence-electron chi connectivity index (χ1n) is 8.02.